The molecule has 5 heteroatoms. The molecule has 2 rings (SSSR count). The Balaban J connectivity index is 2.34. The van der Waals surface area contributed by atoms with E-state index in [1.54, 1.807) is 24.3 Å². The fraction of sp³-hybridized carbons (Fsp3) is 0. The number of benzene rings is 2. The average molecular weight is 307 g/mol. The van der Waals surface area contributed by atoms with E-state index < -0.39 is 5.82 Å². The minimum absolute atomic E-state index is 0.0543. The van der Waals surface area contributed by atoms with Crippen LogP contribution in [0.2, 0.25) is 0 Å². The predicted octanol–water partition coefficient (Wildman–Crippen LogP) is 3.83. The van der Waals surface area contributed by atoms with Crippen LogP contribution in [0.3, 0.4) is 0 Å². The summed E-state index contributed by atoms with van der Waals surface area (Å²) in [6.45, 7) is 0. The van der Waals surface area contributed by atoms with Gasteiger partial charge >= 0.3 is 0 Å². The summed E-state index contributed by atoms with van der Waals surface area (Å²) in [6, 6.07) is 11.1. The largest absolute Gasteiger partial charge is 0.456 e. The molecule has 2 aromatic carbocycles. The van der Waals surface area contributed by atoms with Crippen molar-refractivity contribution in [2.75, 3.05) is 5.73 Å². The van der Waals surface area contributed by atoms with Crippen molar-refractivity contribution in [3.63, 3.8) is 0 Å². The maximum Gasteiger partial charge on any atom is 0.149 e. The van der Waals surface area contributed by atoms with Gasteiger partial charge in [0, 0.05) is 10.5 Å². The molecule has 18 heavy (non-hydrogen) atoms. The zero-order chi connectivity index (χ0) is 13.1. The maximum absolute atomic E-state index is 13.3. The summed E-state index contributed by atoms with van der Waals surface area (Å²) in [4.78, 5) is 0. The van der Waals surface area contributed by atoms with Crippen LogP contribution in [-0.4, -0.2) is 0 Å². The quantitative estimate of drug-likeness (QED) is 0.858. The number of hydrogen-bond donors (Lipinski definition) is 1. The van der Waals surface area contributed by atoms with E-state index in [2.05, 4.69) is 15.9 Å². The van der Waals surface area contributed by atoms with Crippen LogP contribution in [0, 0.1) is 17.1 Å². The Morgan fingerprint density at radius 3 is 2.67 bits per heavy atom. The highest BCUT2D eigenvalue weighted by molar-refractivity contribution is 9.10. The van der Waals surface area contributed by atoms with E-state index in [0.717, 1.165) is 4.47 Å². The molecule has 0 saturated carbocycles. The SMILES string of the molecule is N#Cc1cc(Br)ccc1Oc1ccc(N)c(F)c1. The lowest BCUT2D eigenvalue weighted by molar-refractivity contribution is 0.475. The van der Waals surface area contributed by atoms with Crippen molar-refractivity contribution < 1.29 is 9.13 Å². The molecule has 0 fully saturated rings. The minimum Gasteiger partial charge on any atom is -0.456 e. The molecule has 0 radical (unpaired) electrons. The number of nitriles is 1. The second-order valence-corrected chi connectivity index (χ2v) is 4.45. The summed E-state index contributed by atoms with van der Waals surface area (Å²) in [5, 5.41) is 8.97. The van der Waals surface area contributed by atoms with Crippen molar-refractivity contribution in [2.24, 2.45) is 0 Å². The highest BCUT2D eigenvalue weighted by atomic mass is 79.9. The van der Waals surface area contributed by atoms with Crippen LogP contribution in [0.4, 0.5) is 10.1 Å². The number of anilines is 1. The van der Waals surface area contributed by atoms with Gasteiger partial charge in [0.05, 0.1) is 11.3 Å². The van der Waals surface area contributed by atoms with E-state index in [9.17, 15) is 4.39 Å². The molecule has 0 aliphatic rings. The van der Waals surface area contributed by atoms with E-state index >= 15 is 0 Å². The van der Waals surface area contributed by atoms with Crippen LogP contribution in [0.1, 0.15) is 5.56 Å². The average Bonchev–Trinajstić information content (AvgIpc) is 2.36. The summed E-state index contributed by atoms with van der Waals surface area (Å²) in [6.07, 6.45) is 0. The van der Waals surface area contributed by atoms with Gasteiger partial charge in [-0.1, -0.05) is 15.9 Å². The van der Waals surface area contributed by atoms with Gasteiger partial charge in [0.15, 0.2) is 0 Å². The number of halogens is 2. The molecule has 0 saturated heterocycles. The molecule has 0 aromatic heterocycles. The number of nitrogens with two attached hydrogens (primary N) is 1. The first kappa shape index (κ1) is 12.4. The van der Waals surface area contributed by atoms with E-state index in [1.807, 2.05) is 6.07 Å². The first-order valence-corrected chi connectivity index (χ1v) is 5.82. The van der Waals surface area contributed by atoms with Crippen LogP contribution in [0.5, 0.6) is 11.5 Å². The second kappa shape index (κ2) is 5.07. The minimum atomic E-state index is -0.553. The molecule has 2 aromatic rings. The van der Waals surface area contributed by atoms with Crippen molar-refractivity contribution in [1.82, 2.24) is 0 Å². The van der Waals surface area contributed by atoms with Gasteiger partial charge in [-0.05, 0) is 30.3 Å². The highest BCUT2D eigenvalue weighted by Crippen LogP contribution is 2.28. The molecule has 0 unspecified atom stereocenters. The molecule has 2 N–H and O–H groups in total. The topological polar surface area (TPSA) is 59.0 Å². The van der Waals surface area contributed by atoms with Crippen LogP contribution < -0.4 is 10.5 Å². The monoisotopic (exact) mass is 306 g/mol. The fourth-order valence-electron chi connectivity index (χ4n) is 1.38. The van der Waals surface area contributed by atoms with E-state index in [4.69, 9.17) is 15.7 Å². The van der Waals surface area contributed by atoms with Gasteiger partial charge in [0.25, 0.3) is 0 Å². The van der Waals surface area contributed by atoms with Crippen LogP contribution in [0.25, 0.3) is 0 Å². The zero-order valence-corrected chi connectivity index (χ0v) is 10.7. The number of hydrogen-bond acceptors (Lipinski definition) is 3. The Bertz CT molecular complexity index is 637. The molecule has 0 aliphatic carbocycles. The van der Waals surface area contributed by atoms with E-state index in [-0.39, 0.29) is 5.69 Å². The summed E-state index contributed by atoms with van der Waals surface area (Å²) < 4.78 is 19.5. The van der Waals surface area contributed by atoms with Gasteiger partial charge < -0.3 is 10.5 Å². The molecule has 0 heterocycles. The van der Waals surface area contributed by atoms with Gasteiger partial charge in [-0.2, -0.15) is 5.26 Å². The predicted molar refractivity (Wildman–Crippen MR) is 69.7 cm³/mol. The van der Waals surface area contributed by atoms with Crippen LogP contribution in [0.15, 0.2) is 40.9 Å². The zero-order valence-electron chi connectivity index (χ0n) is 9.15. The lowest BCUT2D eigenvalue weighted by Gasteiger charge is -2.08. The summed E-state index contributed by atoms with van der Waals surface area (Å²) in [5.74, 6) is 0.105. The number of nitrogens with zero attached hydrogens (tertiary/aromatic N) is 1. The van der Waals surface area contributed by atoms with Gasteiger partial charge in [-0.3, -0.25) is 0 Å². The molecule has 90 valence electrons. The summed E-state index contributed by atoms with van der Waals surface area (Å²) in [5.41, 5.74) is 5.79. The third-order valence-electron chi connectivity index (χ3n) is 2.26. The number of rotatable bonds is 2. The highest BCUT2D eigenvalue weighted by Gasteiger charge is 2.07. The van der Waals surface area contributed by atoms with Crippen LogP contribution in [-0.2, 0) is 0 Å². The summed E-state index contributed by atoms with van der Waals surface area (Å²) >= 11 is 3.26. The summed E-state index contributed by atoms with van der Waals surface area (Å²) in [7, 11) is 0. The van der Waals surface area contributed by atoms with Gasteiger partial charge in [-0.15, -0.1) is 0 Å². The molecule has 0 amide bonds. The fourth-order valence-corrected chi connectivity index (χ4v) is 1.74. The lowest BCUT2D eigenvalue weighted by Crippen LogP contribution is -1.93. The number of ether oxygens (including phenoxy) is 1. The first-order valence-electron chi connectivity index (χ1n) is 5.02. The third-order valence-corrected chi connectivity index (χ3v) is 2.76. The Hall–Kier alpha value is -2.06. The van der Waals surface area contributed by atoms with Crippen molar-refractivity contribution in [3.05, 3.63) is 52.3 Å². The van der Waals surface area contributed by atoms with E-state index in [0.29, 0.717) is 17.1 Å². The Morgan fingerprint density at radius 1 is 1.22 bits per heavy atom. The molecular weight excluding hydrogens is 299 g/mol. The number of nitrogen functional groups attached to an aromatic ring is 1. The van der Waals surface area contributed by atoms with Gasteiger partial charge in [0.1, 0.15) is 23.4 Å². The smallest absolute Gasteiger partial charge is 0.149 e. The molecular formula is C13H8BrFN2O. The molecule has 0 atom stereocenters. The first-order chi connectivity index (χ1) is 8.60. The molecule has 0 spiro atoms. The molecule has 3 nitrogen and oxygen atoms in total. The van der Waals surface area contributed by atoms with E-state index in [1.165, 1.54) is 12.1 Å². The Morgan fingerprint density at radius 2 is 2.00 bits per heavy atom. The Labute approximate surface area is 112 Å². The normalized spacial score (nSPS) is 9.83. The molecule has 0 bridgehead atoms. The van der Waals surface area contributed by atoms with Crippen molar-refractivity contribution in [2.45, 2.75) is 0 Å². The lowest BCUT2D eigenvalue weighted by atomic mass is 10.2. The Kier molecular flexibility index (Phi) is 3.49. The van der Waals surface area contributed by atoms with Crippen LogP contribution >= 0.6 is 15.9 Å². The third kappa shape index (κ3) is 2.60. The standard InChI is InChI=1S/C13H8BrFN2O/c14-9-1-4-13(8(5-9)7-16)18-10-2-3-12(17)11(15)6-10/h1-6H,17H2. The van der Waals surface area contributed by atoms with Crippen molar-refractivity contribution in [3.8, 4) is 17.6 Å². The van der Waals surface area contributed by atoms with Gasteiger partial charge in [0.2, 0.25) is 0 Å². The molecule has 0 aliphatic heterocycles. The maximum atomic E-state index is 13.3. The van der Waals surface area contributed by atoms with Crippen molar-refractivity contribution in [1.29, 1.82) is 5.26 Å². The second-order valence-electron chi connectivity index (χ2n) is 3.54. The van der Waals surface area contributed by atoms with Crippen molar-refractivity contribution >= 4 is 21.6 Å². The van der Waals surface area contributed by atoms with Gasteiger partial charge in [-0.25, -0.2) is 4.39 Å².